The third kappa shape index (κ3) is 3.81. The Hall–Kier alpha value is 1.81. The van der Waals surface area contributed by atoms with Crippen LogP contribution in [0.25, 0.3) is 0 Å². The normalized spacial score (nSPS) is 5.25. The van der Waals surface area contributed by atoms with E-state index in [-0.39, 0.29) is 0 Å². The van der Waals surface area contributed by atoms with Crippen molar-refractivity contribution in [2.24, 2.45) is 0 Å². The van der Waals surface area contributed by atoms with Gasteiger partial charge in [-0.3, -0.25) is 0 Å². The first-order chi connectivity index (χ1) is 1.91. The van der Waals surface area contributed by atoms with Gasteiger partial charge in [0.25, 0.3) is 0 Å². The molecule has 0 saturated carbocycles. The summed E-state index contributed by atoms with van der Waals surface area (Å²) in [6.07, 6.45) is 0. The molecule has 0 aromatic rings. The standard InChI is InChI=1S/CHNSe.Rb/c2-1-3;/h3H;/q;+1/p-1. The average molecular weight is 190 g/mol. The van der Waals surface area contributed by atoms with Crippen LogP contribution in [-0.4, -0.2) is 55.7 Å². The molecule has 0 atom stereocenters. The molecule has 0 aliphatic carbocycles. The molecule has 4 heavy (non-hydrogen) atoms. The van der Waals surface area contributed by atoms with E-state index in [9.17, 15) is 0 Å². The van der Waals surface area contributed by atoms with Crippen molar-refractivity contribution >= 4 is 55.7 Å². The summed E-state index contributed by atoms with van der Waals surface area (Å²) in [5, 5.41) is 7.71. The van der Waals surface area contributed by atoms with E-state index >= 15 is 0 Å². The van der Waals surface area contributed by atoms with Crippen LogP contribution < -0.4 is 0 Å². The predicted molar refractivity (Wildman–Crippen MR) is 17.1 cm³/mol. The Kier molecular flexibility index (Phi) is 7.00. The van der Waals surface area contributed by atoms with Gasteiger partial charge >= 0.3 is 65.9 Å². The minimum absolute atomic E-state index is 0.432. The molecular weight excluding hydrogens is 190 g/mol. The minimum atomic E-state index is 0.432. The van der Waals surface area contributed by atoms with E-state index in [1.807, 2.05) is 0 Å². The fraction of sp³-hybridized carbons (Fsp3) is 0. The molecule has 0 amide bonds. The van der Waals surface area contributed by atoms with Crippen LogP contribution in [0.2, 0.25) is 0 Å². The number of nitrogens with zero attached hydrogens (tertiary/aromatic N) is 1. The average Bonchev–Trinajstić information content (AvgIpc) is 1.37. The van der Waals surface area contributed by atoms with Crippen LogP contribution in [0.4, 0.5) is 0 Å². The molecule has 0 unspecified atom stereocenters. The maximum atomic E-state index is 7.71. The van der Waals surface area contributed by atoms with Gasteiger partial charge < -0.3 is 0 Å². The first kappa shape index (κ1) is 5.81. The SMILES string of the molecule is N#C[Se][Rb]. The summed E-state index contributed by atoms with van der Waals surface area (Å²) in [6, 6.07) is 0. The van der Waals surface area contributed by atoms with E-state index < -0.39 is 0 Å². The van der Waals surface area contributed by atoms with Gasteiger partial charge in [0.2, 0.25) is 0 Å². The number of hydrogen-bond donors (Lipinski definition) is 0. The van der Waals surface area contributed by atoms with E-state index in [1.54, 1.807) is 0 Å². The van der Waals surface area contributed by atoms with Gasteiger partial charge in [-0.05, 0) is 0 Å². The fourth-order valence-electron chi connectivity index (χ4n) is 0. The first-order valence-electron chi connectivity index (χ1n) is 0.836. The van der Waals surface area contributed by atoms with Gasteiger partial charge in [-0.2, -0.15) is 0 Å². The fourth-order valence-corrected chi connectivity index (χ4v) is 0. The van der Waals surface area contributed by atoms with Gasteiger partial charge in [0.1, 0.15) is 0 Å². The van der Waals surface area contributed by atoms with Gasteiger partial charge in [-0.1, -0.05) is 0 Å². The summed E-state index contributed by atoms with van der Waals surface area (Å²) in [6.45, 7) is 0. The van der Waals surface area contributed by atoms with Crippen LogP contribution in [0.5, 0.6) is 0 Å². The van der Waals surface area contributed by atoms with Crippen LogP contribution in [0.3, 0.4) is 0 Å². The van der Waals surface area contributed by atoms with Crippen molar-refractivity contribution in [1.82, 2.24) is 0 Å². The topological polar surface area (TPSA) is 23.8 Å². The summed E-state index contributed by atoms with van der Waals surface area (Å²) in [5.74, 6) is 0. The zero-order valence-electron chi connectivity index (χ0n) is 2.36. The molecule has 3 heteroatoms. The van der Waals surface area contributed by atoms with Crippen molar-refractivity contribution in [2.75, 3.05) is 0 Å². The molecule has 16 valence electrons. The van der Waals surface area contributed by atoms with Crippen molar-refractivity contribution in [2.45, 2.75) is 0 Å². The van der Waals surface area contributed by atoms with Crippen molar-refractivity contribution in [3.63, 3.8) is 0 Å². The van der Waals surface area contributed by atoms with Crippen LogP contribution in [0, 0.1) is 10.2 Å². The zero-order valence-corrected chi connectivity index (χ0v) is 8.98. The quantitative estimate of drug-likeness (QED) is 0.462. The molecule has 0 aliphatic rings. The van der Waals surface area contributed by atoms with Crippen LogP contribution in [0.1, 0.15) is 0 Å². The number of rotatable bonds is 0. The molecule has 0 spiro atoms. The van der Waals surface area contributed by atoms with Crippen molar-refractivity contribution in [3.05, 3.63) is 0 Å². The molecule has 0 aliphatic heterocycles. The maximum absolute atomic E-state index is 7.71. The summed E-state index contributed by atoms with van der Waals surface area (Å²) in [4.78, 5) is 2.09. The summed E-state index contributed by atoms with van der Waals surface area (Å²) in [5.41, 5.74) is 0. The van der Waals surface area contributed by atoms with Crippen molar-refractivity contribution < 1.29 is 0 Å². The molecule has 0 fully saturated rings. The van der Waals surface area contributed by atoms with Gasteiger partial charge in [0.05, 0.1) is 0 Å². The third-order valence-corrected chi connectivity index (χ3v) is 2.81. The monoisotopic (exact) mass is 191 g/mol. The van der Waals surface area contributed by atoms with E-state index in [4.69, 9.17) is 5.26 Å². The Bertz CT molecular complexity index is 37.8. The van der Waals surface area contributed by atoms with E-state index in [1.165, 1.54) is 0 Å². The Balaban J connectivity index is 2.43. The van der Waals surface area contributed by atoms with E-state index in [2.05, 4.69) is 4.97 Å². The molecule has 0 aromatic carbocycles. The van der Waals surface area contributed by atoms with Crippen LogP contribution >= 0.6 is 0 Å². The predicted octanol–water partition coefficient (Wildman–Crippen LogP) is -0.745. The molecular formula is CNRbSe. The van der Waals surface area contributed by atoms with Crippen LogP contribution in [0.15, 0.2) is 0 Å². The number of hydrogen-bond acceptors (Lipinski definition) is 1. The Morgan fingerprint density at radius 3 is 2.25 bits per heavy atom. The van der Waals surface area contributed by atoms with Crippen LogP contribution in [-0.2, 0) is 0 Å². The van der Waals surface area contributed by atoms with Crippen molar-refractivity contribution in [3.8, 4) is 4.97 Å². The molecule has 0 bridgehead atoms. The summed E-state index contributed by atoms with van der Waals surface area (Å²) in [7, 11) is 0. The number of nitriles is 1. The van der Waals surface area contributed by atoms with Crippen molar-refractivity contribution in [1.29, 1.82) is 5.26 Å². The summed E-state index contributed by atoms with van der Waals surface area (Å²) < 4.78 is 0.432. The second-order valence-electron chi connectivity index (χ2n) is 0.295. The van der Waals surface area contributed by atoms with Gasteiger partial charge in [-0.25, -0.2) is 0 Å². The second-order valence-corrected chi connectivity index (χ2v) is 6.75. The van der Waals surface area contributed by atoms with Gasteiger partial charge in [0.15, 0.2) is 0 Å². The van der Waals surface area contributed by atoms with Gasteiger partial charge in [-0.15, -0.1) is 0 Å². The van der Waals surface area contributed by atoms with E-state index in [0.29, 0.717) is 55.7 Å². The summed E-state index contributed by atoms with van der Waals surface area (Å²) >= 11 is 0.686. The molecule has 0 saturated heterocycles. The Morgan fingerprint density at radius 1 is 2.00 bits per heavy atom. The Morgan fingerprint density at radius 2 is 2.25 bits per heavy atom. The first-order valence-corrected chi connectivity index (χ1v) is 13.8. The van der Waals surface area contributed by atoms with E-state index in [0.717, 1.165) is 0 Å². The molecule has 0 radical (unpaired) electrons. The molecule has 0 aromatic heterocycles. The molecule has 0 rings (SSSR count). The van der Waals surface area contributed by atoms with Gasteiger partial charge in [0, 0.05) is 0 Å². The molecule has 0 N–H and O–H groups in total. The zero-order chi connectivity index (χ0) is 3.41. The molecule has 1 nitrogen and oxygen atoms in total. The second kappa shape index (κ2) is 4.81. The Labute approximate surface area is 63.9 Å². The molecule has 0 heterocycles. The third-order valence-electron chi connectivity index (χ3n) is 0.0913.